The molecule has 1 atom stereocenters. The summed E-state index contributed by atoms with van der Waals surface area (Å²) < 4.78 is 35.5. The Labute approximate surface area is 200 Å². The summed E-state index contributed by atoms with van der Waals surface area (Å²) in [5.41, 5.74) is 0.850. The van der Waals surface area contributed by atoms with Gasteiger partial charge >= 0.3 is 0 Å². The lowest BCUT2D eigenvalue weighted by Crippen LogP contribution is -2.41. The van der Waals surface area contributed by atoms with E-state index < -0.39 is 0 Å². The van der Waals surface area contributed by atoms with Gasteiger partial charge < -0.3 is 29.6 Å². The lowest BCUT2D eigenvalue weighted by molar-refractivity contribution is 0.214. The van der Waals surface area contributed by atoms with Crippen molar-refractivity contribution in [3.63, 3.8) is 0 Å². The van der Waals surface area contributed by atoms with E-state index in [1.165, 1.54) is 6.07 Å². The summed E-state index contributed by atoms with van der Waals surface area (Å²) >= 11 is 0. The molecule has 172 valence electrons. The second-order valence-electron chi connectivity index (χ2n) is 6.45. The molecule has 0 saturated carbocycles. The molecule has 0 aromatic heterocycles. The smallest absolute Gasteiger partial charge is 0.191 e. The first-order valence-electron chi connectivity index (χ1n) is 9.74. The van der Waals surface area contributed by atoms with Gasteiger partial charge in [0.25, 0.3) is 0 Å². The first-order chi connectivity index (χ1) is 14.5. The number of ether oxygens (including phenoxy) is 4. The zero-order valence-corrected chi connectivity index (χ0v) is 20.9. The van der Waals surface area contributed by atoms with E-state index in [2.05, 4.69) is 15.6 Å². The maximum absolute atomic E-state index is 13.8. The van der Waals surface area contributed by atoms with Crippen LogP contribution in [-0.2, 0) is 6.54 Å². The Morgan fingerprint density at radius 2 is 1.61 bits per heavy atom. The van der Waals surface area contributed by atoms with Crippen molar-refractivity contribution in [3.8, 4) is 23.0 Å². The molecule has 0 heterocycles. The minimum atomic E-state index is -0.384. The van der Waals surface area contributed by atoms with E-state index in [1.807, 2.05) is 19.9 Å². The average Bonchev–Trinajstić information content (AvgIpc) is 2.76. The molecule has 2 rings (SSSR count). The highest BCUT2D eigenvalue weighted by atomic mass is 127. The van der Waals surface area contributed by atoms with E-state index in [4.69, 9.17) is 18.9 Å². The van der Waals surface area contributed by atoms with Crippen LogP contribution in [0.2, 0.25) is 0 Å². The Bertz CT molecular complexity index is 852. The molecule has 31 heavy (non-hydrogen) atoms. The lowest BCUT2D eigenvalue weighted by atomic mass is 10.1. The molecule has 2 N–H and O–H groups in total. The van der Waals surface area contributed by atoms with Crippen LogP contribution in [0.15, 0.2) is 41.4 Å². The van der Waals surface area contributed by atoms with Crippen LogP contribution in [0, 0.1) is 5.82 Å². The predicted octanol–water partition coefficient (Wildman–Crippen LogP) is 3.99. The Morgan fingerprint density at radius 3 is 2.23 bits per heavy atom. The van der Waals surface area contributed by atoms with Crippen LogP contribution in [0.5, 0.6) is 23.0 Å². The minimum Gasteiger partial charge on any atom is -0.496 e. The molecule has 2 aromatic rings. The molecule has 0 aliphatic rings. The summed E-state index contributed by atoms with van der Waals surface area (Å²) in [6, 6.07) is 9.96. The quantitative estimate of drug-likeness (QED) is 0.266. The number of nitrogens with zero attached hydrogens (tertiary/aromatic N) is 1. The summed E-state index contributed by atoms with van der Waals surface area (Å²) in [5.74, 6) is 2.30. The van der Waals surface area contributed by atoms with Crippen LogP contribution in [0.4, 0.5) is 4.39 Å². The summed E-state index contributed by atoms with van der Waals surface area (Å²) in [6.45, 7) is 5.34. The van der Waals surface area contributed by atoms with Crippen molar-refractivity contribution in [1.29, 1.82) is 0 Å². The molecule has 0 amide bonds. The Balaban J connectivity index is 0.00000480. The molecule has 0 spiro atoms. The van der Waals surface area contributed by atoms with E-state index in [0.29, 0.717) is 42.8 Å². The van der Waals surface area contributed by atoms with E-state index in [0.717, 1.165) is 5.56 Å². The van der Waals surface area contributed by atoms with Crippen LogP contribution in [0.25, 0.3) is 0 Å². The molecular weight excluding hydrogens is 516 g/mol. The van der Waals surface area contributed by atoms with Gasteiger partial charge in [-0.05, 0) is 32.0 Å². The fourth-order valence-electron chi connectivity index (χ4n) is 2.76. The molecule has 0 aliphatic heterocycles. The van der Waals surface area contributed by atoms with Crippen LogP contribution in [-0.4, -0.2) is 46.5 Å². The number of halogens is 2. The van der Waals surface area contributed by atoms with Crippen molar-refractivity contribution in [3.05, 3.63) is 47.8 Å². The lowest BCUT2D eigenvalue weighted by Gasteiger charge is -2.18. The van der Waals surface area contributed by atoms with Gasteiger partial charge in [-0.3, -0.25) is 0 Å². The molecule has 0 radical (unpaired) electrons. The maximum atomic E-state index is 13.8. The number of nitrogens with one attached hydrogen (secondary N) is 2. The van der Waals surface area contributed by atoms with Crippen LogP contribution in [0.1, 0.15) is 19.4 Å². The Morgan fingerprint density at radius 1 is 0.968 bits per heavy atom. The first kappa shape index (κ1) is 26.6. The molecule has 7 nitrogen and oxygen atoms in total. The highest BCUT2D eigenvalue weighted by Crippen LogP contribution is 2.34. The van der Waals surface area contributed by atoms with Crippen molar-refractivity contribution < 1.29 is 23.3 Å². The number of para-hydroxylation sites is 1. The van der Waals surface area contributed by atoms with Crippen molar-refractivity contribution in [2.45, 2.75) is 26.5 Å². The summed E-state index contributed by atoms with van der Waals surface area (Å²) in [6.07, 6.45) is -0.263. The van der Waals surface area contributed by atoms with Crippen molar-refractivity contribution >= 4 is 29.9 Å². The number of benzene rings is 2. The molecular formula is C22H31FIN3O4. The van der Waals surface area contributed by atoms with Crippen molar-refractivity contribution in [2.24, 2.45) is 4.99 Å². The Kier molecular flexibility index (Phi) is 11.8. The second kappa shape index (κ2) is 13.8. The fraction of sp³-hybridized carbons (Fsp3) is 0.409. The third kappa shape index (κ3) is 7.97. The second-order valence-corrected chi connectivity index (χ2v) is 6.45. The third-order valence-electron chi connectivity index (χ3n) is 4.26. The monoisotopic (exact) mass is 547 g/mol. The Hall–Kier alpha value is -2.43. The SMILES string of the molecule is CCNC(=NCc1cc(OC)c(OC)cc1OC)NCC(C)Oc1ccccc1F.I. The standard InChI is InChI=1S/C22H30FN3O4.HI/c1-6-24-22(25-13-15(2)30-18-10-8-7-9-17(18)23)26-14-16-11-20(28-4)21(29-5)12-19(16)27-3;/h7-12,15H,6,13-14H2,1-5H3,(H2,24,25,26);1H. The third-order valence-corrected chi connectivity index (χ3v) is 4.26. The van der Waals surface area contributed by atoms with Crippen LogP contribution < -0.4 is 29.6 Å². The maximum Gasteiger partial charge on any atom is 0.191 e. The molecule has 0 bridgehead atoms. The molecule has 0 aliphatic carbocycles. The number of aliphatic imine (C=N–C) groups is 1. The average molecular weight is 547 g/mol. The molecule has 0 saturated heterocycles. The normalized spacial score (nSPS) is 11.7. The first-order valence-corrected chi connectivity index (χ1v) is 9.74. The van der Waals surface area contributed by atoms with Gasteiger partial charge in [0.2, 0.25) is 0 Å². The zero-order chi connectivity index (χ0) is 21.9. The van der Waals surface area contributed by atoms with Gasteiger partial charge in [0.1, 0.15) is 11.9 Å². The van der Waals surface area contributed by atoms with Crippen molar-refractivity contribution in [2.75, 3.05) is 34.4 Å². The van der Waals surface area contributed by atoms with Gasteiger partial charge in [0.15, 0.2) is 29.0 Å². The summed E-state index contributed by atoms with van der Waals surface area (Å²) in [4.78, 5) is 4.61. The van der Waals surface area contributed by atoms with Gasteiger partial charge in [0, 0.05) is 18.2 Å². The van der Waals surface area contributed by atoms with Gasteiger partial charge in [-0.25, -0.2) is 9.38 Å². The van der Waals surface area contributed by atoms with Gasteiger partial charge in [-0.1, -0.05) is 12.1 Å². The van der Waals surface area contributed by atoms with Gasteiger partial charge in [-0.2, -0.15) is 0 Å². The number of guanidine groups is 1. The van der Waals surface area contributed by atoms with Crippen LogP contribution in [0.3, 0.4) is 0 Å². The van der Waals surface area contributed by atoms with Gasteiger partial charge in [-0.15, -0.1) is 24.0 Å². The van der Waals surface area contributed by atoms with E-state index in [9.17, 15) is 4.39 Å². The zero-order valence-electron chi connectivity index (χ0n) is 18.5. The molecule has 2 aromatic carbocycles. The van der Waals surface area contributed by atoms with E-state index in [1.54, 1.807) is 45.6 Å². The van der Waals surface area contributed by atoms with E-state index >= 15 is 0 Å². The van der Waals surface area contributed by atoms with E-state index in [-0.39, 0.29) is 41.6 Å². The summed E-state index contributed by atoms with van der Waals surface area (Å²) in [7, 11) is 4.76. The summed E-state index contributed by atoms with van der Waals surface area (Å²) in [5, 5.41) is 6.40. The van der Waals surface area contributed by atoms with Gasteiger partial charge in [0.05, 0.1) is 34.4 Å². The van der Waals surface area contributed by atoms with Crippen molar-refractivity contribution in [1.82, 2.24) is 10.6 Å². The highest BCUT2D eigenvalue weighted by Gasteiger charge is 2.13. The number of methoxy groups -OCH3 is 3. The minimum absolute atomic E-state index is 0. The topological polar surface area (TPSA) is 73.3 Å². The van der Waals surface area contributed by atoms with Crippen LogP contribution >= 0.6 is 24.0 Å². The fourth-order valence-corrected chi connectivity index (χ4v) is 2.76. The number of hydrogen-bond donors (Lipinski definition) is 2. The predicted molar refractivity (Wildman–Crippen MR) is 131 cm³/mol. The molecule has 0 fully saturated rings. The largest absolute Gasteiger partial charge is 0.496 e. The molecule has 9 heteroatoms. The highest BCUT2D eigenvalue weighted by molar-refractivity contribution is 14.0. The number of rotatable bonds is 10. The molecule has 1 unspecified atom stereocenters. The number of hydrogen-bond acceptors (Lipinski definition) is 5.